The van der Waals surface area contributed by atoms with E-state index in [1.165, 1.54) is 12.1 Å². The van der Waals surface area contributed by atoms with Gasteiger partial charge in [-0.2, -0.15) is 0 Å². The lowest BCUT2D eigenvalue weighted by Gasteiger charge is -2.31. The standard InChI is InChI=1S/C14H19FN2O2/c15-11-2-4-12(5-3-11)17-9-1-8-16-10-13(17)6-7-14(18)19/h2-5,13,16H,1,6-10H2,(H,18,19). The molecule has 104 valence electrons. The SMILES string of the molecule is O=C(O)CCC1CNCCCN1c1ccc(F)cc1. The summed E-state index contributed by atoms with van der Waals surface area (Å²) in [6, 6.07) is 6.55. The van der Waals surface area contributed by atoms with Gasteiger partial charge in [0.1, 0.15) is 5.82 Å². The van der Waals surface area contributed by atoms with Gasteiger partial charge in [-0.25, -0.2) is 4.39 Å². The second-order valence-corrected chi connectivity index (χ2v) is 4.81. The molecule has 0 aromatic heterocycles. The molecule has 1 aliphatic heterocycles. The minimum atomic E-state index is -0.775. The van der Waals surface area contributed by atoms with Gasteiger partial charge in [0, 0.05) is 31.2 Å². The van der Waals surface area contributed by atoms with Crippen molar-refractivity contribution in [2.75, 3.05) is 24.5 Å². The Hall–Kier alpha value is -1.62. The summed E-state index contributed by atoms with van der Waals surface area (Å²) in [7, 11) is 0. The van der Waals surface area contributed by atoms with E-state index in [1.54, 1.807) is 12.1 Å². The van der Waals surface area contributed by atoms with Crippen molar-refractivity contribution in [3.63, 3.8) is 0 Å². The predicted molar refractivity (Wildman–Crippen MR) is 71.9 cm³/mol. The first-order valence-corrected chi connectivity index (χ1v) is 6.61. The van der Waals surface area contributed by atoms with Crippen molar-refractivity contribution in [1.29, 1.82) is 0 Å². The van der Waals surface area contributed by atoms with Crippen LogP contribution in [0.5, 0.6) is 0 Å². The summed E-state index contributed by atoms with van der Waals surface area (Å²) in [6.45, 7) is 2.56. The molecule has 1 saturated heterocycles. The number of halogens is 1. The maximum absolute atomic E-state index is 13.0. The van der Waals surface area contributed by atoms with E-state index >= 15 is 0 Å². The molecule has 2 rings (SSSR count). The first-order chi connectivity index (χ1) is 9.16. The fraction of sp³-hybridized carbons (Fsp3) is 0.500. The van der Waals surface area contributed by atoms with Gasteiger partial charge in [0.05, 0.1) is 0 Å². The van der Waals surface area contributed by atoms with Gasteiger partial charge < -0.3 is 15.3 Å². The third-order valence-corrected chi connectivity index (χ3v) is 3.42. The Morgan fingerprint density at radius 3 is 2.84 bits per heavy atom. The Kier molecular flexibility index (Phi) is 4.74. The number of anilines is 1. The van der Waals surface area contributed by atoms with Gasteiger partial charge in [-0.3, -0.25) is 4.79 Å². The van der Waals surface area contributed by atoms with Crippen LogP contribution < -0.4 is 10.2 Å². The topological polar surface area (TPSA) is 52.6 Å². The molecular formula is C14H19FN2O2. The highest BCUT2D eigenvalue weighted by atomic mass is 19.1. The van der Waals surface area contributed by atoms with E-state index < -0.39 is 5.97 Å². The van der Waals surface area contributed by atoms with Crippen LogP contribution in [0.15, 0.2) is 24.3 Å². The van der Waals surface area contributed by atoms with Crippen molar-refractivity contribution in [3.8, 4) is 0 Å². The van der Waals surface area contributed by atoms with Crippen LogP contribution in [0.1, 0.15) is 19.3 Å². The number of carbonyl (C=O) groups is 1. The summed E-state index contributed by atoms with van der Waals surface area (Å²) in [5, 5.41) is 12.1. The van der Waals surface area contributed by atoms with Crippen LogP contribution in [-0.4, -0.2) is 36.8 Å². The number of carboxylic acid groups (broad SMARTS) is 1. The summed E-state index contributed by atoms with van der Waals surface area (Å²) >= 11 is 0. The minimum absolute atomic E-state index is 0.143. The summed E-state index contributed by atoms with van der Waals surface area (Å²) in [5.74, 6) is -1.03. The normalized spacial score (nSPS) is 20.1. The van der Waals surface area contributed by atoms with Crippen LogP contribution >= 0.6 is 0 Å². The predicted octanol–water partition coefficient (Wildman–Crippen LogP) is 1.86. The van der Waals surface area contributed by atoms with Crippen LogP contribution in [0.25, 0.3) is 0 Å². The molecule has 19 heavy (non-hydrogen) atoms. The van der Waals surface area contributed by atoms with Crippen molar-refractivity contribution in [2.24, 2.45) is 0 Å². The van der Waals surface area contributed by atoms with Gasteiger partial charge in [-0.1, -0.05) is 0 Å². The van der Waals surface area contributed by atoms with Crippen LogP contribution in [0.2, 0.25) is 0 Å². The van der Waals surface area contributed by atoms with Crippen molar-refractivity contribution in [1.82, 2.24) is 5.32 Å². The largest absolute Gasteiger partial charge is 0.481 e. The molecule has 2 N–H and O–H groups in total. The van der Waals surface area contributed by atoms with E-state index in [1.807, 2.05) is 0 Å². The van der Waals surface area contributed by atoms with Crippen LogP contribution in [0.3, 0.4) is 0 Å². The third kappa shape index (κ3) is 3.92. The van der Waals surface area contributed by atoms with Gasteiger partial charge in [-0.15, -0.1) is 0 Å². The molecule has 1 atom stereocenters. The molecule has 1 aromatic rings. The van der Waals surface area contributed by atoms with Gasteiger partial charge in [0.15, 0.2) is 0 Å². The molecule has 0 spiro atoms. The molecule has 5 heteroatoms. The summed E-state index contributed by atoms with van der Waals surface area (Å²) in [4.78, 5) is 12.9. The first-order valence-electron chi connectivity index (χ1n) is 6.61. The molecule has 1 aromatic carbocycles. The lowest BCUT2D eigenvalue weighted by atomic mass is 10.1. The average Bonchev–Trinajstić information content (AvgIpc) is 2.62. The maximum atomic E-state index is 13.0. The molecule has 0 radical (unpaired) electrons. The van der Waals surface area contributed by atoms with Gasteiger partial charge in [0.25, 0.3) is 0 Å². The molecular weight excluding hydrogens is 247 g/mol. The molecule has 0 amide bonds. The van der Waals surface area contributed by atoms with Gasteiger partial charge >= 0.3 is 5.97 Å². The second-order valence-electron chi connectivity index (χ2n) is 4.81. The highest BCUT2D eigenvalue weighted by Crippen LogP contribution is 2.21. The highest BCUT2D eigenvalue weighted by molar-refractivity contribution is 5.66. The van der Waals surface area contributed by atoms with Gasteiger partial charge in [-0.05, 0) is 43.7 Å². The van der Waals surface area contributed by atoms with Gasteiger partial charge in [0.2, 0.25) is 0 Å². The lowest BCUT2D eigenvalue weighted by molar-refractivity contribution is -0.137. The van der Waals surface area contributed by atoms with Crippen molar-refractivity contribution in [3.05, 3.63) is 30.1 Å². The minimum Gasteiger partial charge on any atom is -0.481 e. The monoisotopic (exact) mass is 266 g/mol. The van der Waals surface area contributed by atoms with Crippen molar-refractivity contribution < 1.29 is 14.3 Å². The van der Waals surface area contributed by atoms with Crippen LogP contribution in [0.4, 0.5) is 10.1 Å². The van der Waals surface area contributed by atoms with E-state index in [9.17, 15) is 9.18 Å². The Bertz CT molecular complexity index is 422. The van der Waals surface area contributed by atoms with E-state index in [4.69, 9.17) is 5.11 Å². The molecule has 1 unspecified atom stereocenters. The molecule has 1 fully saturated rings. The number of rotatable bonds is 4. The lowest BCUT2D eigenvalue weighted by Crippen LogP contribution is -2.40. The zero-order valence-electron chi connectivity index (χ0n) is 10.8. The average molecular weight is 266 g/mol. The maximum Gasteiger partial charge on any atom is 0.303 e. The number of carboxylic acids is 1. The zero-order valence-corrected chi connectivity index (χ0v) is 10.8. The Labute approximate surface area is 112 Å². The van der Waals surface area contributed by atoms with Crippen LogP contribution in [0, 0.1) is 5.82 Å². The van der Waals surface area contributed by atoms with E-state index in [0.29, 0.717) is 6.42 Å². The smallest absolute Gasteiger partial charge is 0.303 e. The summed E-state index contributed by atoms with van der Waals surface area (Å²) in [5.41, 5.74) is 0.959. The third-order valence-electron chi connectivity index (χ3n) is 3.42. The first kappa shape index (κ1) is 13.8. The zero-order chi connectivity index (χ0) is 13.7. The van der Waals surface area contributed by atoms with Crippen molar-refractivity contribution in [2.45, 2.75) is 25.3 Å². The number of nitrogens with zero attached hydrogens (tertiary/aromatic N) is 1. The second kappa shape index (κ2) is 6.52. The Balaban J connectivity index is 2.11. The fourth-order valence-corrected chi connectivity index (χ4v) is 2.46. The fourth-order valence-electron chi connectivity index (χ4n) is 2.46. The number of hydrogen-bond donors (Lipinski definition) is 2. The number of aliphatic carboxylic acids is 1. The Morgan fingerprint density at radius 2 is 2.16 bits per heavy atom. The molecule has 1 heterocycles. The number of benzene rings is 1. The quantitative estimate of drug-likeness (QED) is 0.873. The summed E-state index contributed by atoms with van der Waals surface area (Å²) in [6.07, 6.45) is 1.75. The molecule has 0 saturated carbocycles. The molecule has 0 aliphatic carbocycles. The summed E-state index contributed by atoms with van der Waals surface area (Å²) < 4.78 is 13.0. The van der Waals surface area contributed by atoms with E-state index in [2.05, 4.69) is 10.2 Å². The van der Waals surface area contributed by atoms with E-state index in [-0.39, 0.29) is 18.3 Å². The van der Waals surface area contributed by atoms with E-state index in [0.717, 1.165) is 31.7 Å². The van der Waals surface area contributed by atoms with Crippen LogP contribution in [-0.2, 0) is 4.79 Å². The number of hydrogen-bond acceptors (Lipinski definition) is 3. The Morgan fingerprint density at radius 1 is 1.42 bits per heavy atom. The number of nitrogens with one attached hydrogen (secondary N) is 1. The van der Waals surface area contributed by atoms with Crippen molar-refractivity contribution >= 4 is 11.7 Å². The highest BCUT2D eigenvalue weighted by Gasteiger charge is 2.21. The molecule has 1 aliphatic rings. The molecule has 4 nitrogen and oxygen atoms in total. The molecule has 0 bridgehead atoms.